The highest BCUT2D eigenvalue weighted by Gasteiger charge is 2.23. The third-order valence-electron chi connectivity index (χ3n) is 2.40. The molecule has 0 aliphatic carbocycles. The van der Waals surface area contributed by atoms with Gasteiger partial charge in [0.15, 0.2) is 5.78 Å². The molecule has 0 heterocycles. The maximum absolute atomic E-state index is 12.0. The van der Waals surface area contributed by atoms with Crippen LogP contribution in [0.1, 0.15) is 20.8 Å². The lowest BCUT2D eigenvalue weighted by atomic mass is 9.92. The molecule has 0 N–H and O–H groups in total. The number of hydrogen-bond acceptors (Lipinski definition) is 3. The van der Waals surface area contributed by atoms with Gasteiger partial charge in [0.2, 0.25) is 0 Å². The van der Waals surface area contributed by atoms with E-state index < -0.39 is 16.2 Å². The predicted octanol–water partition coefficient (Wildman–Crippen LogP) is 2.42. The first-order valence-electron chi connectivity index (χ1n) is 5.40. The quantitative estimate of drug-likeness (QED) is 0.828. The molecule has 1 aromatic carbocycles. The average molecular weight is 254 g/mol. The summed E-state index contributed by atoms with van der Waals surface area (Å²) in [6.45, 7) is 5.49. The summed E-state index contributed by atoms with van der Waals surface area (Å²) in [7, 11) is 0.256. The number of methoxy groups -OCH3 is 1. The molecule has 0 bridgehead atoms. The number of carbonyl (C=O) groups is 1. The van der Waals surface area contributed by atoms with E-state index in [1.54, 1.807) is 31.4 Å². The summed E-state index contributed by atoms with van der Waals surface area (Å²) in [5.74, 6) is 0.703. The lowest BCUT2D eigenvalue weighted by Crippen LogP contribution is -2.25. The van der Waals surface area contributed by atoms with Crippen molar-refractivity contribution >= 4 is 16.6 Å². The fourth-order valence-corrected chi connectivity index (χ4v) is 2.48. The minimum absolute atomic E-state index is 0.00125. The molecule has 1 unspecified atom stereocenters. The van der Waals surface area contributed by atoms with E-state index in [0.717, 1.165) is 0 Å². The molecule has 0 saturated heterocycles. The maximum Gasteiger partial charge on any atom is 0.151 e. The smallest absolute Gasteiger partial charge is 0.151 e. The second-order valence-corrected chi connectivity index (χ2v) is 6.29. The fraction of sp³-hybridized carbons (Fsp3) is 0.462. The topological polar surface area (TPSA) is 43.4 Å². The Labute approximate surface area is 105 Å². The third kappa shape index (κ3) is 3.97. The van der Waals surface area contributed by atoms with Gasteiger partial charge in [-0.3, -0.25) is 9.00 Å². The van der Waals surface area contributed by atoms with Gasteiger partial charge in [-0.2, -0.15) is 0 Å². The first kappa shape index (κ1) is 13.9. The zero-order chi connectivity index (χ0) is 13.1. The normalized spacial score (nSPS) is 13.2. The highest BCUT2D eigenvalue weighted by Crippen LogP contribution is 2.19. The van der Waals surface area contributed by atoms with E-state index in [1.807, 2.05) is 20.8 Å². The van der Waals surface area contributed by atoms with Gasteiger partial charge in [-0.1, -0.05) is 26.8 Å². The van der Waals surface area contributed by atoms with E-state index in [1.165, 1.54) is 0 Å². The van der Waals surface area contributed by atoms with Crippen LogP contribution in [0.3, 0.4) is 0 Å². The molecule has 1 rings (SSSR count). The molecule has 0 amide bonds. The Morgan fingerprint density at radius 1 is 1.35 bits per heavy atom. The lowest BCUT2D eigenvalue weighted by molar-refractivity contribution is -0.123. The van der Waals surface area contributed by atoms with Crippen molar-refractivity contribution in [2.75, 3.05) is 12.9 Å². The third-order valence-corrected chi connectivity index (χ3v) is 3.71. The van der Waals surface area contributed by atoms with E-state index in [2.05, 4.69) is 0 Å². The van der Waals surface area contributed by atoms with Gasteiger partial charge in [0.05, 0.1) is 23.7 Å². The van der Waals surface area contributed by atoms with Gasteiger partial charge in [-0.25, -0.2) is 0 Å². The van der Waals surface area contributed by atoms with Crippen LogP contribution in [0.2, 0.25) is 0 Å². The van der Waals surface area contributed by atoms with Crippen LogP contribution in [0, 0.1) is 5.41 Å². The van der Waals surface area contributed by atoms with Gasteiger partial charge >= 0.3 is 0 Å². The van der Waals surface area contributed by atoms with E-state index in [4.69, 9.17) is 4.74 Å². The SMILES string of the molecule is COc1cccc(S(=O)CC(=O)C(C)(C)C)c1. The summed E-state index contributed by atoms with van der Waals surface area (Å²) in [5, 5.41) is 0. The molecular formula is C13H18O3S. The van der Waals surface area contributed by atoms with E-state index in [9.17, 15) is 9.00 Å². The van der Waals surface area contributed by atoms with Crippen molar-refractivity contribution in [2.24, 2.45) is 5.41 Å². The Morgan fingerprint density at radius 2 is 2.00 bits per heavy atom. The van der Waals surface area contributed by atoms with Gasteiger partial charge in [-0.15, -0.1) is 0 Å². The Balaban J connectivity index is 2.80. The minimum Gasteiger partial charge on any atom is -0.497 e. The second kappa shape index (κ2) is 5.45. The first-order chi connectivity index (χ1) is 7.84. The minimum atomic E-state index is -1.30. The van der Waals surface area contributed by atoms with Crippen LogP contribution in [0.25, 0.3) is 0 Å². The van der Waals surface area contributed by atoms with Crippen molar-refractivity contribution in [1.29, 1.82) is 0 Å². The van der Waals surface area contributed by atoms with Crippen LogP contribution >= 0.6 is 0 Å². The summed E-state index contributed by atoms with van der Waals surface area (Å²) < 4.78 is 17.1. The molecule has 0 fully saturated rings. The largest absolute Gasteiger partial charge is 0.497 e. The molecule has 0 aliphatic rings. The molecule has 0 saturated carbocycles. The summed E-state index contributed by atoms with van der Waals surface area (Å²) in [6.07, 6.45) is 0. The number of Topliss-reactive ketones (excluding diaryl/α,β-unsaturated/α-hetero) is 1. The van der Waals surface area contributed by atoms with Crippen molar-refractivity contribution in [1.82, 2.24) is 0 Å². The molecule has 0 aliphatic heterocycles. The van der Waals surface area contributed by atoms with Gasteiger partial charge in [0.25, 0.3) is 0 Å². The molecule has 0 spiro atoms. The maximum atomic E-state index is 12.0. The Hall–Kier alpha value is -1.16. The summed E-state index contributed by atoms with van der Waals surface area (Å²) in [4.78, 5) is 12.4. The lowest BCUT2D eigenvalue weighted by Gasteiger charge is -2.16. The molecular weight excluding hydrogens is 236 g/mol. The molecule has 0 radical (unpaired) electrons. The van der Waals surface area contributed by atoms with Gasteiger partial charge in [0, 0.05) is 10.3 Å². The van der Waals surface area contributed by atoms with Crippen molar-refractivity contribution < 1.29 is 13.7 Å². The summed E-state index contributed by atoms with van der Waals surface area (Å²) in [6, 6.07) is 7.00. The van der Waals surface area contributed by atoms with Gasteiger partial charge in [0.1, 0.15) is 5.75 Å². The molecule has 1 aromatic rings. The van der Waals surface area contributed by atoms with Crippen LogP contribution in [-0.2, 0) is 15.6 Å². The summed E-state index contributed by atoms with van der Waals surface area (Å²) >= 11 is 0. The van der Waals surface area contributed by atoms with E-state index in [-0.39, 0.29) is 11.5 Å². The number of carbonyl (C=O) groups excluding carboxylic acids is 1. The van der Waals surface area contributed by atoms with Crippen molar-refractivity contribution in [3.05, 3.63) is 24.3 Å². The average Bonchev–Trinajstić information content (AvgIpc) is 2.27. The molecule has 1 atom stereocenters. The van der Waals surface area contributed by atoms with Crippen molar-refractivity contribution in [3.8, 4) is 5.75 Å². The molecule has 17 heavy (non-hydrogen) atoms. The Bertz CT molecular complexity index is 433. The zero-order valence-corrected chi connectivity index (χ0v) is 11.5. The standard InChI is InChI=1S/C13H18O3S/c1-13(2,3)12(14)9-17(15)11-7-5-6-10(8-11)16-4/h5-8H,9H2,1-4H3. The number of ketones is 1. The number of ether oxygens (including phenoxy) is 1. The van der Waals surface area contributed by atoms with Crippen LogP contribution in [0.4, 0.5) is 0 Å². The number of benzene rings is 1. The zero-order valence-electron chi connectivity index (χ0n) is 10.6. The number of hydrogen-bond donors (Lipinski definition) is 0. The van der Waals surface area contributed by atoms with Gasteiger partial charge in [-0.05, 0) is 18.2 Å². The molecule has 4 heteroatoms. The van der Waals surface area contributed by atoms with E-state index in [0.29, 0.717) is 10.6 Å². The molecule has 0 aromatic heterocycles. The second-order valence-electron chi connectivity index (χ2n) is 4.84. The van der Waals surface area contributed by atoms with Gasteiger partial charge < -0.3 is 4.74 Å². The Kier molecular flexibility index (Phi) is 4.46. The fourth-order valence-electron chi connectivity index (χ4n) is 1.16. The first-order valence-corrected chi connectivity index (χ1v) is 6.72. The Morgan fingerprint density at radius 3 is 2.53 bits per heavy atom. The predicted molar refractivity (Wildman–Crippen MR) is 68.7 cm³/mol. The monoisotopic (exact) mass is 254 g/mol. The van der Waals surface area contributed by atoms with Crippen LogP contribution in [-0.4, -0.2) is 22.9 Å². The van der Waals surface area contributed by atoms with Crippen LogP contribution in [0.5, 0.6) is 5.75 Å². The van der Waals surface area contributed by atoms with Crippen LogP contribution in [0.15, 0.2) is 29.2 Å². The van der Waals surface area contributed by atoms with Crippen LogP contribution < -0.4 is 4.74 Å². The van der Waals surface area contributed by atoms with Crippen molar-refractivity contribution in [3.63, 3.8) is 0 Å². The highest BCUT2D eigenvalue weighted by atomic mass is 32.2. The van der Waals surface area contributed by atoms with E-state index >= 15 is 0 Å². The van der Waals surface area contributed by atoms with Crippen molar-refractivity contribution in [2.45, 2.75) is 25.7 Å². The number of rotatable bonds is 4. The molecule has 94 valence electrons. The molecule has 3 nitrogen and oxygen atoms in total. The summed E-state index contributed by atoms with van der Waals surface area (Å²) in [5.41, 5.74) is -0.450. The highest BCUT2D eigenvalue weighted by molar-refractivity contribution is 7.85.